The fourth-order valence-corrected chi connectivity index (χ4v) is 2.16. The van der Waals surface area contributed by atoms with Crippen LogP contribution in [0.25, 0.3) is 11.1 Å². The summed E-state index contributed by atoms with van der Waals surface area (Å²) in [5.74, 6) is 0.318. The van der Waals surface area contributed by atoms with E-state index in [1.807, 2.05) is 18.3 Å². The minimum atomic E-state index is 0.318. The van der Waals surface area contributed by atoms with E-state index in [2.05, 4.69) is 23.2 Å². The third-order valence-corrected chi connectivity index (χ3v) is 2.98. The van der Waals surface area contributed by atoms with Crippen molar-refractivity contribution in [2.24, 2.45) is 0 Å². The Labute approximate surface area is 94.0 Å². The van der Waals surface area contributed by atoms with Gasteiger partial charge >= 0.3 is 0 Å². The quantitative estimate of drug-likeness (QED) is 0.722. The maximum Gasteiger partial charge on any atom is 0.141 e. The molecule has 0 amide bonds. The van der Waals surface area contributed by atoms with Crippen molar-refractivity contribution < 1.29 is 4.79 Å². The summed E-state index contributed by atoms with van der Waals surface area (Å²) in [5, 5.41) is 0. The lowest BCUT2D eigenvalue weighted by molar-refractivity contribution is -0.117. The number of fused-ring (bicyclic) bond motifs is 1. The summed E-state index contributed by atoms with van der Waals surface area (Å²) >= 11 is 0. The molecule has 78 valence electrons. The van der Waals surface area contributed by atoms with Crippen LogP contribution in [0.2, 0.25) is 0 Å². The maximum absolute atomic E-state index is 11.3. The van der Waals surface area contributed by atoms with Gasteiger partial charge in [0.2, 0.25) is 0 Å². The first kappa shape index (κ1) is 9.28. The monoisotopic (exact) mass is 209 g/mol. The molecule has 0 unspecified atom stereocenters. The van der Waals surface area contributed by atoms with Gasteiger partial charge in [-0.2, -0.15) is 0 Å². The van der Waals surface area contributed by atoms with Crippen LogP contribution >= 0.6 is 0 Å². The second-order valence-electron chi connectivity index (χ2n) is 4.12. The fraction of sp³-hybridized carbons (Fsp3) is 0.143. The number of nitrogens with zero attached hydrogens (tertiary/aromatic N) is 1. The maximum atomic E-state index is 11.3. The summed E-state index contributed by atoms with van der Waals surface area (Å²) in [6.07, 6.45) is 4.80. The van der Waals surface area contributed by atoms with Gasteiger partial charge in [-0.15, -0.1) is 0 Å². The van der Waals surface area contributed by atoms with Crippen molar-refractivity contribution in [2.45, 2.75) is 12.8 Å². The minimum Gasteiger partial charge on any atom is -0.299 e. The van der Waals surface area contributed by atoms with E-state index in [4.69, 9.17) is 0 Å². The molecule has 0 fully saturated rings. The van der Waals surface area contributed by atoms with Crippen molar-refractivity contribution in [3.63, 3.8) is 0 Å². The molecule has 2 heteroatoms. The highest BCUT2D eigenvalue weighted by Gasteiger charge is 2.18. The van der Waals surface area contributed by atoms with Crippen LogP contribution in [0.4, 0.5) is 0 Å². The highest BCUT2D eigenvalue weighted by atomic mass is 16.1. The molecule has 0 saturated heterocycles. The number of carbonyl (C=O) groups excluding carboxylic acids is 1. The van der Waals surface area contributed by atoms with Crippen LogP contribution in [0.5, 0.6) is 0 Å². The van der Waals surface area contributed by atoms with Crippen molar-refractivity contribution in [3.05, 3.63) is 53.9 Å². The minimum absolute atomic E-state index is 0.318. The molecule has 0 bridgehead atoms. The number of benzene rings is 1. The van der Waals surface area contributed by atoms with E-state index in [1.165, 1.54) is 11.1 Å². The first-order chi connectivity index (χ1) is 7.83. The number of rotatable bonds is 1. The molecular weight excluding hydrogens is 198 g/mol. The van der Waals surface area contributed by atoms with Gasteiger partial charge in [0.15, 0.2) is 0 Å². The second-order valence-corrected chi connectivity index (χ2v) is 4.12. The van der Waals surface area contributed by atoms with E-state index < -0.39 is 0 Å². The molecule has 3 rings (SSSR count). The summed E-state index contributed by atoms with van der Waals surface area (Å²) < 4.78 is 0. The molecule has 0 atom stereocenters. The van der Waals surface area contributed by atoms with Gasteiger partial charge < -0.3 is 0 Å². The van der Waals surface area contributed by atoms with Crippen molar-refractivity contribution >= 4 is 5.78 Å². The number of hydrogen-bond donors (Lipinski definition) is 0. The number of carbonyl (C=O) groups is 1. The Hall–Kier alpha value is -1.96. The van der Waals surface area contributed by atoms with Crippen LogP contribution in [0.3, 0.4) is 0 Å². The Kier molecular flexibility index (Phi) is 2.07. The van der Waals surface area contributed by atoms with Crippen LogP contribution in [-0.2, 0) is 17.6 Å². The zero-order chi connectivity index (χ0) is 11.0. The number of hydrogen-bond acceptors (Lipinski definition) is 2. The van der Waals surface area contributed by atoms with Crippen molar-refractivity contribution in [1.29, 1.82) is 0 Å². The normalized spacial score (nSPS) is 13.9. The van der Waals surface area contributed by atoms with Gasteiger partial charge in [0.25, 0.3) is 0 Å². The molecule has 1 aromatic heterocycles. The first-order valence-corrected chi connectivity index (χ1v) is 5.37. The summed E-state index contributed by atoms with van der Waals surface area (Å²) in [6, 6.07) is 10.2. The molecule has 2 nitrogen and oxygen atoms in total. The Balaban J connectivity index is 2.06. The Morgan fingerprint density at radius 1 is 1.00 bits per heavy atom. The highest BCUT2D eigenvalue weighted by molar-refractivity contribution is 5.88. The summed E-state index contributed by atoms with van der Waals surface area (Å²) in [6.45, 7) is 0. The Morgan fingerprint density at radius 3 is 2.69 bits per heavy atom. The summed E-state index contributed by atoms with van der Waals surface area (Å²) in [7, 11) is 0. The predicted octanol–water partition coefficient (Wildman–Crippen LogP) is 2.42. The van der Waals surface area contributed by atoms with E-state index in [-0.39, 0.29) is 0 Å². The van der Waals surface area contributed by atoms with E-state index in [1.54, 1.807) is 6.20 Å². The average Bonchev–Trinajstić information content (AvgIpc) is 2.69. The van der Waals surface area contributed by atoms with Gasteiger partial charge in [-0.3, -0.25) is 9.78 Å². The van der Waals surface area contributed by atoms with Crippen molar-refractivity contribution in [2.75, 3.05) is 0 Å². The van der Waals surface area contributed by atoms with E-state index in [0.29, 0.717) is 18.6 Å². The highest BCUT2D eigenvalue weighted by Crippen LogP contribution is 2.26. The standard InChI is InChI=1S/C14H11NO/c16-14-7-11-4-3-10(6-13(11)8-14)12-2-1-5-15-9-12/h1-6,9H,7-8H2. The lowest BCUT2D eigenvalue weighted by Gasteiger charge is -2.03. The molecule has 0 aliphatic heterocycles. The SMILES string of the molecule is O=C1Cc2ccc(-c3cccnc3)cc2C1. The lowest BCUT2D eigenvalue weighted by Crippen LogP contribution is -1.92. The molecule has 1 heterocycles. The molecule has 16 heavy (non-hydrogen) atoms. The smallest absolute Gasteiger partial charge is 0.141 e. The van der Waals surface area contributed by atoms with Gasteiger partial charge in [0, 0.05) is 25.2 Å². The molecule has 1 aromatic carbocycles. The van der Waals surface area contributed by atoms with Crippen LogP contribution in [0.1, 0.15) is 11.1 Å². The van der Waals surface area contributed by atoms with E-state index >= 15 is 0 Å². The van der Waals surface area contributed by atoms with Crippen LogP contribution in [0, 0.1) is 0 Å². The molecule has 0 radical (unpaired) electrons. The Morgan fingerprint density at radius 2 is 1.88 bits per heavy atom. The van der Waals surface area contributed by atoms with Gasteiger partial charge in [-0.1, -0.05) is 24.3 Å². The zero-order valence-corrected chi connectivity index (χ0v) is 8.81. The lowest BCUT2D eigenvalue weighted by atomic mass is 10.0. The van der Waals surface area contributed by atoms with Crippen LogP contribution < -0.4 is 0 Å². The predicted molar refractivity (Wildman–Crippen MR) is 62.1 cm³/mol. The van der Waals surface area contributed by atoms with Gasteiger partial charge in [0.1, 0.15) is 5.78 Å². The number of Topliss-reactive ketones (excluding diaryl/α,β-unsaturated/α-hetero) is 1. The van der Waals surface area contributed by atoms with Gasteiger partial charge in [-0.05, 0) is 28.3 Å². The van der Waals surface area contributed by atoms with E-state index in [0.717, 1.165) is 11.1 Å². The zero-order valence-electron chi connectivity index (χ0n) is 8.81. The van der Waals surface area contributed by atoms with Crippen molar-refractivity contribution in [1.82, 2.24) is 4.98 Å². The van der Waals surface area contributed by atoms with Gasteiger partial charge in [-0.25, -0.2) is 0 Å². The van der Waals surface area contributed by atoms with Crippen molar-refractivity contribution in [3.8, 4) is 11.1 Å². The topological polar surface area (TPSA) is 30.0 Å². The molecular formula is C14H11NO. The summed E-state index contributed by atoms with van der Waals surface area (Å²) in [4.78, 5) is 15.4. The molecule has 0 N–H and O–H groups in total. The number of ketones is 1. The Bertz CT molecular complexity index is 546. The average molecular weight is 209 g/mol. The van der Waals surface area contributed by atoms with Crippen LogP contribution in [-0.4, -0.2) is 10.8 Å². The second kappa shape index (κ2) is 3.56. The first-order valence-electron chi connectivity index (χ1n) is 5.37. The molecule has 0 saturated carbocycles. The third kappa shape index (κ3) is 1.52. The van der Waals surface area contributed by atoms with Gasteiger partial charge in [0.05, 0.1) is 0 Å². The molecule has 1 aliphatic carbocycles. The largest absolute Gasteiger partial charge is 0.299 e. The molecule has 1 aliphatic rings. The number of pyridine rings is 1. The third-order valence-electron chi connectivity index (χ3n) is 2.98. The number of aromatic nitrogens is 1. The van der Waals surface area contributed by atoms with Crippen LogP contribution in [0.15, 0.2) is 42.7 Å². The molecule has 2 aromatic rings. The summed E-state index contributed by atoms with van der Waals surface area (Å²) in [5.41, 5.74) is 4.59. The molecule has 0 spiro atoms. The fourth-order valence-electron chi connectivity index (χ4n) is 2.16. The van der Waals surface area contributed by atoms with E-state index in [9.17, 15) is 4.79 Å².